The summed E-state index contributed by atoms with van der Waals surface area (Å²) in [6.45, 7) is 0. The summed E-state index contributed by atoms with van der Waals surface area (Å²) in [4.78, 5) is 0. The Balaban J connectivity index is 0.000000109. The Bertz CT molecular complexity index is 3960. The largest absolute Gasteiger partial charge is 3.00 e. The van der Waals surface area contributed by atoms with Gasteiger partial charge in [-0.1, -0.05) is 135 Å². The molecule has 0 aromatic carbocycles. The zero-order chi connectivity index (χ0) is 88.7. The van der Waals surface area contributed by atoms with Crippen LogP contribution in [0.1, 0.15) is 289 Å². The van der Waals surface area contributed by atoms with Crippen molar-refractivity contribution in [3.8, 4) is 0 Å². The molecule has 24 bridgehead atoms. The van der Waals surface area contributed by atoms with Gasteiger partial charge in [0.05, 0.1) is 194 Å². The van der Waals surface area contributed by atoms with Gasteiger partial charge < -0.3 is 13.7 Å². The molecule has 0 aromatic rings. The van der Waals surface area contributed by atoms with Gasteiger partial charge in [0, 0.05) is 17.8 Å². The third-order valence-corrected chi connectivity index (χ3v) is 46.5. The Hall–Kier alpha value is -0.360. The first-order valence-corrected chi connectivity index (χ1v) is 59.8. The van der Waals surface area contributed by atoms with E-state index >= 15 is 0 Å². The third kappa shape index (κ3) is 18.0. The van der Waals surface area contributed by atoms with Crippen molar-refractivity contribution in [1.29, 1.82) is 0 Å². The molecule has 24 N–H and O–H groups in total. The Labute approximate surface area is 811 Å². The van der Waals surface area contributed by atoms with Crippen LogP contribution in [0.4, 0.5) is 0 Å². The average Bonchev–Trinajstić information content (AvgIpc) is 1.60. The van der Waals surface area contributed by atoms with Crippen molar-refractivity contribution in [3.05, 3.63) is 0 Å². The fourth-order valence-corrected chi connectivity index (χ4v) is 40.6. The molecule has 33 nitrogen and oxygen atoms in total. The molecular formula is C96H165InN24O9S3. The van der Waals surface area contributed by atoms with Crippen molar-refractivity contribution >= 4 is 56.2 Å². The van der Waals surface area contributed by atoms with Crippen molar-refractivity contribution in [3.63, 3.8) is 0 Å². The first kappa shape index (κ1) is 94.9. The molecule has 51 unspecified atom stereocenters. The fourth-order valence-electron chi connectivity index (χ4n) is 37.0. The summed E-state index contributed by atoms with van der Waals surface area (Å²) in [5.41, 5.74) is 0. The summed E-state index contributed by atoms with van der Waals surface area (Å²) < 4.78 is 114. The molecule has 12 aliphatic carbocycles. The molecule has 15 aliphatic heterocycles. The van der Waals surface area contributed by atoms with Crippen LogP contribution in [0.2, 0.25) is 0 Å². The molecule has 133 heavy (non-hydrogen) atoms. The first-order valence-electron chi connectivity index (χ1n) is 55.4. The van der Waals surface area contributed by atoms with E-state index < -0.39 is 46.1 Å². The summed E-state index contributed by atoms with van der Waals surface area (Å²) in [5, 5.41) is 94.6. The predicted molar refractivity (Wildman–Crippen MR) is 504 cm³/mol. The van der Waals surface area contributed by atoms with Gasteiger partial charge in [0.25, 0.3) is 0 Å². The van der Waals surface area contributed by atoms with Gasteiger partial charge in [-0.2, -0.15) is 0 Å². The van der Waals surface area contributed by atoms with Crippen LogP contribution in [0, 0.1) is 142 Å². The molecule has 15 heterocycles. The van der Waals surface area contributed by atoms with E-state index in [1.165, 1.54) is 231 Å². The Morgan fingerprint density at radius 2 is 0.218 bits per heavy atom. The van der Waals surface area contributed by atoms with Crippen molar-refractivity contribution in [2.45, 2.75) is 453 Å². The minimum atomic E-state index is -4.41. The monoisotopic (exact) mass is 2010 g/mol. The van der Waals surface area contributed by atoms with Gasteiger partial charge in [-0.15, -0.1) is 0 Å². The average molecular weight is 2010 g/mol. The summed E-state index contributed by atoms with van der Waals surface area (Å²) >= 11 is 0. The standard InChI is InChI=1S/3C32H56N8O3S.In/c3*41-44(42,43)23-15-7-14-22-24(23)32-39-30-21-13-6-5-12-20(21)28(37-30)35-26-17-9-2-1-8-16(17)25(33-26)34-27-18-10-3-4-11-19(18)29(36-27)38-31(22)40-32;/h3*16-40H,1-15H2,(H,41,42,43);/q;;;+3/p-3. The van der Waals surface area contributed by atoms with Crippen molar-refractivity contribution in [2.75, 3.05) is 0 Å². The molecule has 27 aliphatic rings. The molecule has 744 valence electrons. The van der Waals surface area contributed by atoms with Gasteiger partial charge in [0.1, 0.15) is 0 Å². The molecular weight excluding hydrogens is 1840 g/mol. The minimum absolute atomic E-state index is 0. The van der Waals surface area contributed by atoms with Gasteiger partial charge in [0.2, 0.25) is 0 Å². The van der Waals surface area contributed by atoms with Crippen LogP contribution in [-0.4, -0.2) is 228 Å². The molecule has 27 fully saturated rings. The van der Waals surface area contributed by atoms with Crippen LogP contribution in [0.5, 0.6) is 0 Å². The van der Waals surface area contributed by atoms with E-state index in [1.807, 2.05) is 0 Å². The maximum absolute atomic E-state index is 12.7. The number of nitrogens with one attached hydrogen (secondary N) is 24. The molecule has 51 atom stereocenters. The second-order valence-electron chi connectivity index (χ2n) is 48.6. The Morgan fingerprint density at radius 1 is 0.128 bits per heavy atom. The smallest absolute Gasteiger partial charge is 0.748 e. The number of rotatable bonds is 3. The number of fused-ring (bicyclic) bond motifs is 60. The van der Waals surface area contributed by atoms with Gasteiger partial charge >= 0.3 is 25.8 Å². The van der Waals surface area contributed by atoms with E-state index in [0.29, 0.717) is 144 Å². The maximum atomic E-state index is 12.7. The van der Waals surface area contributed by atoms with Crippen molar-refractivity contribution in [1.82, 2.24) is 128 Å². The van der Waals surface area contributed by atoms with Gasteiger partial charge in [0.15, 0.2) is 0 Å². The van der Waals surface area contributed by atoms with E-state index in [1.54, 1.807) is 0 Å². The fraction of sp³-hybridized carbons (Fsp3) is 1.00. The molecule has 27 rings (SSSR count). The van der Waals surface area contributed by atoms with E-state index in [9.17, 15) is 38.9 Å². The summed E-state index contributed by atoms with van der Waals surface area (Å²) in [6.07, 6.45) is 55.5. The molecule has 0 spiro atoms. The van der Waals surface area contributed by atoms with Crippen LogP contribution in [0.3, 0.4) is 0 Å². The SMILES string of the molecule is O=S(=O)([O-])C1CCCC2C3NC4NC(NC5NC(NC6NC(NC(N3)C21)C1CCCCC61)C1CCCCC51)C1CCCCC41.O=S(=O)([O-])C1CCCC2C3NC4NC(NC5NC(NC6NC(NC(N3)C21)C1CCCCC61)C1CCCCC51)C1CCCCC41.O=S(=O)([O-])C1CCCC2C3NC4NC(NC5NC(NC6NC(NC(N3)C21)C1CCCCC61)C1CCCCC51)C1CCCCC41.[In+3]. The van der Waals surface area contributed by atoms with Crippen LogP contribution in [-0.2, 0) is 30.4 Å². The zero-order valence-electron chi connectivity index (χ0n) is 78.7. The second-order valence-corrected chi connectivity index (χ2v) is 53.4. The van der Waals surface area contributed by atoms with Gasteiger partial charge in [-0.3, -0.25) is 128 Å². The predicted octanol–water partition coefficient (Wildman–Crippen LogP) is 3.01. The van der Waals surface area contributed by atoms with Gasteiger partial charge in [-0.25, -0.2) is 25.3 Å². The summed E-state index contributed by atoms with van der Waals surface area (Å²) in [7, 11) is -13.2. The van der Waals surface area contributed by atoms with E-state index in [2.05, 4.69) is 128 Å². The molecule has 0 radical (unpaired) electrons. The number of hydrogen-bond donors (Lipinski definition) is 24. The third-order valence-electron chi connectivity index (χ3n) is 42.6. The van der Waals surface area contributed by atoms with E-state index in [4.69, 9.17) is 0 Å². The summed E-state index contributed by atoms with van der Waals surface area (Å²) in [5.74, 6) is 10.0. The van der Waals surface area contributed by atoms with Crippen molar-refractivity contribution in [2.24, 2.45) is 142 Å². The van der Waals surface area contributed by atoms with Crippen LogP contribution in [0.25, 0.3) is 0 Å². The summed E-state index contributed by atoms with van der Waals surface area (Å²) in [6, 6.07) is 0. The van der Waals surface area contributed by atoms with E-state index in [0.717, 1.165) is 38.5 Å². The quantitative estimate of drug-likeness (QED) is 0.181. The van der Waals surface area contributed by atoms with Crippen LogP contribution < -0.4 is 128 Å². The Kier molecular flexibility index (Phi) is 27.9. The maximum Gasteiger partial charge on any atom is 3.00 e. The van der Waals surface area contributed by atoms with Crippen LogP contribution in [0.15, 0.2) is 0 Å². The minimum Gasteiger partial charge on any atom is -0.748 e. The molecule has 12 saturated carbocycles. The molecule has 37 heteroatoms. The molecule has 15 saturated heterocycles. The molecule has 0 amide bonds. The van der Waals surface area contributed by atoms with Crippen molar-refractivity contribution < 1.29 is 38.9 Å². The van der Waals surface area contributed by atoms with Crippen LogP contribution >= 0.6 is 0 Å². The molecule has 0 aromatic heterocycles. The second kappa shape index (κ2) is 39.1. The van der Waals surface area contributed by atoms with E-state index in [-0.39, 0.29) is 191 Å². The normalized spacial score (nSPS) is 55.1. The van der Waals surface area contributed by atoms with Gasteiger partial charge in [-0.05, 0) is 278 Å². The zero-order valence-corrected chi connectivity index (χ0v) is 84.5. The Morgan fingerprint density at radius 3 is 0.323 bits per heavy atom. The number of hydrogen-bond acceptors (Lipinski definition) is 33. The topological polar surface area (TPSA) is 460 Å². The first-order chi connectivity index (χ1) is 64.3.